The Kier molecular flexibility index (Phi) is 5.78. The second-order valence-electron chi connectivity index (χ2n) is 6.37. The van der Waals surface area contributed by atoms with Crippen LogP contribution in [-0.2, 0) is 13.5 Å². The van der Waals surface area contributed by atoms with Crippen LogP contribution in [0, 0.1) is 12.7 Å². The molecule has 2 aromatic heterocycles. The molecule has 3 aromatic rings. The standard InChI is InChI=1S/C19H20BrFN4OS/c1-10-15(17-14(20)9-24-25(17)2)16(18(27-10)19(23)26)12(8-22)6-11-4-3-5-13(21)7-11/h3-5,7,9,12H,6,8,22H2,1-2H3,(H2,23,26)/t12-/m1/s1. The third kappa shape index (κ3) is 3.83. The van der Waals surface area contributed by atoms with Gasteiger partial charge in [-0.25, -0.2) is 4.39 Å². The van der Waals surface area contributed by atoms with Gasteiger partial charge < -0.3 is 11.5 Å². The number of rotatable bonds is 6. The molecule has 0 aliphatic heterocycles. The molecular formula is C19H20BrFN4OS. The first kappa shape index (κ1) is 19.7. The molecule has 2 heterocycles. The van der Waals surface area contributed by atoms with Gasteiger partial charge >= 0.3 is 0 Å². The number of amides is 1. The number of aryl methyl sites for hydroxylation is 2. The fourth-order valence-corrected chi connectivity index (χ4v) is 5.01. The van der Waals surface area contributed by atoms with Crippen molar-refractivity contribution in [1.82, 2.24) is 9.78 Å². The summed E-state index contributed by atoms with van der Waals surface area (Å²) in [6.07, 6.45) is 2.22. The number of aromatic nitrogens is 2. The summed E-state index contributed by atoms with van der Waals surface area (Å²) in [5, 5.41) is 4.29. The summed E-state index contributed by atoms with van der Waals surface area (Å²) in [5.74, 6) is -0.967. The molecule has 0 spiro atoms. The molecule has 0 radical (unpaired) electrons. The van der Waals surface area contributed by atoms with Gasteiger partial charge in [-0.1, -0.05) is 12.1 Å². The Morgan fingerprint density at radius 1 is 1.44 bits per heavy atom. The molecule has 0 bridgehead atoms. The lowest BCUT2D eigenvalue weighted by atomic mass is 9.87. The van der Waals surface area contributed by atoms with Crippen molar-refractivity contribution in [2.24, 2.45) is 18.5 Å². The number of nitrogens with two attached hydrogens (primary N) is 2. The van der Waals surface area contributed by atoms with Gasteiger partial charge in [0, 0.05) is 23.4 Å². The molecule has 3 rings (SSSR count). The van der Waals surface area contributed by atoms with Gasteiger partial charge in [-0.3, -0.25) is 9.48 Å². The van der Waals surface area contributed by atoms with E-state index < -0.39 is 5.91 Å². The van der Waals surface area contributed by atoms with E-state index in [1.807, 2.05) is 20.0 Å². The zero-order valence-electron chi connectivity index (χ0n) is 15.0. The number of carbonyl (C=O) groups excluding carboxylic acids is 1. The van der Waals surface area contributed by atoms with Crippen molar-refractivity contribution < 1.29 is 9.18 Å². The van der Waals surface area contributed by atoms with Crippen molar-refractivity contribution in [3.8, 4) is 11.3 Å². The summed E-state index contributed by atoms with van der Waals surface area (Å²) in [4.78, 5) is 13.6. The maximum Gasteiger partial charge on any atom is 0.259 e. The van der Waals surface area contributed by atoms with Gasteiger partial charge in [-0.2, -0.15) is 5.10 Å². The Labute approximate surface area is 169 Å². The van der Waals surface area contributed by atoms with Crippen LogP contribution in [0.25, 0.3) is 11.3 Å². The average molecular weight is 451 g/mol. The number of carbonyl (C=O) groups is 1. The summed E-state index contributed by atoms with van der Waals surface area (Å²) in [7, 11) is 1.84. The number of hydrogen-bond acceptors (Lipinski definition) is 4. The number of hydrogen-bond donors (Lipinski definition) is 2. The van der Waals surface area contributed by atoms with Crippen LogP contribution in [0.3, 0.4) is 0 Å². The number of nitrogens with zero attached hydrogens (tertiary/aromatic N) is 2. The van der Waals surface area contributed by atoms with Crippen LogP contribution in [0.1, 0.15) is 31.6 Å². The van der Waals surface area contributed by atoms with Crippen molar-refractivity contribution in [1.29, 1.82) is 0 Å². The van der Waals surface area contributed by atoms with E-state index in [1.54, 1.807) is 16.9 Å². The fourth-order valence-electron chi connectivity index (χ4n) is 3.37. The molecule has 0 aliphatic carbocycles. The first-order valence-corrected chi connectivity index (χ1v) is 9.99. The molecule has 1 aromatic carbocycles. The monoisotopic (exact) mass is 450 g/mol. The molecule has 142 valence electrons. The molecule has 4 N–H and O–H groups in total. The predicted molar refractivity (Wildman–Crippen MR) is 109 cm³/mol. The highest BCUT2D eigenvalue weighted by atomic mass is 79.9. The van der Waals surface area contributed by atoms with E-state index in [2.05, 4.69) is 21.0 Å². The topological polar surface area (TPSA) is 86.9 Å². The van der Waals surface area contributed by atoms with Crippen LogP contribution >= 0.6 is 27.3 Å². The smallest absolute Gasteiger partial charge is 0.259 e. The molecular weight excluding hydrogens is 431 g/mol. The van der Waals surface area contributed by atoms with Crippen molar-refractivity contribution >= 4 is 33.2 Å². The molecule has 0 saturated heterocycles. The lowest BCUT2D eigenvalue weighted by Crippen LogP contribution is -2.20. The highest BCUT2D eigenvalue weighted by Gasteiger charge is 2.29. The summed E-state index contributed by atoms with van der Waals surface area (Å²) >= 11 is 4.90. The zero-order valence-corrected chi connectivity index (χ0v) is 17.4. The third-order valence-corrected chi connectivity index (χ3v) is 6.26. The average Bonchev–Trinajstić information content (AvgIpc) is 3.12. The quantitative estimate of drug-likeness (QED) is 0.599. The number of benzene rings is 1. The minimum atomic E-state index is -0.486. The van der Waals surface area contributed by atoms with Crippen LogP contribution in [0.5, 0.6) is 0 Å². The molecule has 0 saturated carbocycles. The van der Waals surface area contributed by atoms with Gasteiger partial charge in [-0.05, 0) is 59.1 Å². The Balaban J connectivity index is 2.18. The summed E-state index contributed by atoms with van der Waals surface area (Å²) in [5.41, 5.74) is 15.2. The van der Waals surface area contributed by atoms with Crippen LogP contribution in [-0.4, -0.2) is 22.2 Å². The highest BCUT2D eigenvalue weighted by molar-refractivity contribution is 9.10. The molecule has 27 heavy (non-hydrogen) atoms. The van der Waals surface area contributed by atoms with Crippen molar-refractivity contribution in [3.05, 3.63) is 61.6 Å². The fraction of sp³-hybridized carbons (Fsp3) is 0.263. The Bertz CT molecular complexity index is 978. The molecule has 1 atom stereocenters. The first-order chi connectivity index (χ1) is 12.8. The Hall–Kier alpha value is -2.03. The van der Waals surface area contributed by atoms with E-state index in [9.17, 15) is 9.18 Å². The van der Waals surface area contributed by atoms with Gasteiger partial charge in [0.15, 0.2) is 0 Å². The van der Waals surface area contributed by atoms with Gasteiger partial charge in [0.25, 0.3) is 5.91 Å². The van der Waals surface area contributed by atoms with Crippen LogP contribution in [0.4, 0.5) is 4.39 Å². The maximum atomic E-state index is 13.6. The second-order valence-corrected chi connectivity index (χ2v) is 8.45. The third-order valence-electron chi connectivity index (χ3n) is 4.54. The summed E-state index contributed by atoms with van der Waals surface area (Å²) in [6.45, 7) is 2.25. The zero-order chi connectivity index (χ0) is 19.7. The number of thiophene rings is 1. The first-order valence-electron chi connectivity index (χ1n) is 8.39. The predicted octanol–water partition coefficient (Wildman–Crippen LogP) is 3.74. The van der Waals surface area contributed by atoms with E-state index in [4.69, 9.17) is 11.5 Å². The minimum absolute atomic E-state index is 0.184. The second kappa shape index (κ2) is 7.92. The molecule has 0 aliphatic rings. The molecule has 1 amide bonds. The Morgan fingerprint density at radius 2 is 2.19 bits per heavy atom. The van der Waals surface area contributed by atoms with E-state index in [1.165, 1.54) is 23.5 Å². The van der Waals surface area contributed by atoms with Gasteiger partial charge in [-0.15, -0.1) is 11.3 Å². The van der Waals surface area contributed by atoms with Gasteiger partial charge in [0.05, 0.1) is 21.2 Å². The Morgan fingerprint density at radius 3 is 2.74 bits per heavy atom. The lowest BCUT2D eigenvalue weighted by Gasteiger charge is -2.19. The van der Waals surface area contributed by atoms with Crippen LogP contribution < -0.4 is 11.5 Å². The molecule has 0 fully saturated rings. The molecule has 5 nitrogen and oxygen atoms in total. The van der Waals surface area contributed by atoms with Gasteiger partial charge in [0.2, 0.25) is 0 Å². The van der Waals surface area contributed by atoms with Gasteiger partial charge in [0.1, 0.15) is 5.82 Å². The normalized spacial score (nSPS) is 12.3. The lowest BCUT2D eigenvalue weighted by molar-refractivity contribution is 0.100. The van der Waals surface area contributed by atoms with E-state index in [0.29, 0.717) is 17.8 Å². The van der Waals surface area contributed by atoms with E-state index in [-0.39, 0.29) is 11.7 Å². The number of halogens is 2. The number of primary amides is 1. The molecule has 0 unspecified atom stereocenters. The van der Waals surface area contributed by atoms with E-state index in [0.717, 1.165) is 31.7 Å². The summed E-state index contributed by atoms with van der Waals surface area (Å²) < 4.78 is 16.2. The highest BCUT2D eigenvalue weighted by Crippen LogP contribution is 2.43. The van der Waals surface area contributed by atoms with Crippen molar-refractivity contribution in [2.75, 3.05) is 6.54 Å². The molecule has 8 heteroatoms. The van der Waals surface area contributed by atoms with Crippen LogP contribution in [0.2, 0.25) is 0 Å². The van der Waals surface area contributed by atoms with Crippen LogP contribution in [0.15, 0.2) is 34.9 Å². The summed E-state index contributed by atoms with van der Waals surface area (Å²) in [6, 6.07) is 6.42. The maximum absolute atomic E-state index is 13.6. The minimum Gasteiger partial charge on any atom is -0.365 e. The van der Waals surface area contributed by atoms with Crippen molar-refractivity contribution in [2.45, 2.75) is 19.3 Å². The van der Waals surface area contributed by atoms with Crippen molar-refractivity contribution in [3.63, 3.8) is 0 Å². The van der Waals surface area contributed by atoms with E-state index >= 15 is 0 Å². The SMILES string of the molecule is Cc1sc(C(N)=O)c([C@@H](CN)Cc2cccc(F)c2)c1-c1c(Br)cnn1C. The largest absolute Gasteiger partial charge is 0.365 e.